The Balaban J connectivity index is 0.000000925. The van der Waals surface area contributed by atoms with Crippen molar-refractivity contribution in [2.75, 3.05) is 12.4 Å². The molecule has 3 aromatic heterocycles. The van der Waals surface area contributed by atoms with Gasteiger partial charge in [0.1, 0.15) is 24.6 Å². The molecule has 0 bridgehead atoms. The predicted octanol–water partition coefficient (Wildman–Crippen LogP) is -1.25. The Morgan fingerprint density at radius 1 is 1.12 bits per heavy atom. The molecule has 0 aliphatic carbocycles. The minimum absolute atomic E-state index is 0. The van der Waals surface area contributed by atoms with Crippen LogP contribution in [0.2, 0.25) is 0 Å². The molecule has 0 saturated carbocycles. The van der Waals surface area contributed by atoms with Crippen LogP contribution < -0.4 is 67.1 Å². The van der Waals surface area contributed by atoms with Crippen LogP contribution in [0.1, 0.15) is 25.4 Å². The standard InChI is InChI=1S/C13H13N6O2.C2H6.K/c1-7-4-10(15-8(2)14-7)16-11-5-9-6-19(21-3)13(20)12(9)18-17-11;1-2;/h4-6H,1-3H3,(H,14,15,16,17);1-2H3;/q-1;;+1. The van der Waals surface area contributed by atoms with E-state index in [1.54, 1.807) is 18.3 Å². The minimum Gasteiger partial charge on any atom is -0.432 e. The molecule has 24 heavy (non-hydrogen) atoms. The van der Waals surface area contributed by atoms with Crippen LogP contribution in [-0.2, 0) is 0 Å². The third-order valence-electron chi connectivity index (χ3n) is 2.90. The maximum Gasteiger partial charge on any atom is 1.00 e. The number of hydrogen-bond acceptors (Lipinski definition) is 7. The van der Waals surface area contributed by atoms with Crippen molar-refractivity contribution in [3.63, 3.8) is 0 Å². The summed E-state index contributed by atoms with van der Waals surface area (Å²) in [7, 11) is 1.42. The van der Waals surface area contributed by atoms with Crippen molar-refractivity contribution in [1.29, 1.82) is 0 Å². The number of nitrogens with one attached hydrogen (secondary N) is 1. The summed E-state index contributed by atoms with van der Waals surface area (Å²) < 4.78 is 1.11. The quantitative estimate of drug-likeness (QED) is 0.464. The van der Waals surface area contributed by atoms with Gasteiger partial charge >= 0.3 is 51.4 Å². The summed E-state index contributed by atoms with van der Waals surface area (Å²) in [5.41, 5.74) is 0.782. The fourth-order valence-electron chi connectivity index (χ4n) is 2.07. The number of rotatable bonds is 3. The molecule has 0 unspecified atom stereocenters. The van der Waals surface area contributed by atoms with E-state index < -0.39 is 0 Å². The average molecular weight is 354 g/mol. The Hall–Kier alpha value is -1.26. The number of nitrogens with zero attached hydrogens (tertiary/aromatic N) is 5. The van der Waals surface area contributed by atoms with Gasteiger partial charge in [-0.05, 0) is 20.0 Å². The molecule has 1 N–H and O–H groups in total. The van der Waals surface area contributed by atoms with Gasteiger partial charge in [0.05, 0.1) is 0 Å². The van der Waals surface area contributed by atoms with Crippen LogP contribution in [0.3, 0.4) is 0 Å². The largest absolute Gasteiger partial charge is 1.00 e. The maximum atomic E-state index is 11.8. The zero-order chi connectivity index (χ0) is 17.0. The van der Waals surface area contributed by atoms with Crippen molar-refractivity contribution in [1.82, 2.24) is 24.9 Å². The molecule has 0 spiro atoms. The van der Waals surface area contributed by atoms with E-state index in [9.17, 15) is 4.79 Å². The summed E-state index contributed by atoms with van der Waals surface area (Å²) in [6.07, 6.45) is 1.56. The summed E-state index contributed by atoms with van der Waals surface area (Å²) in [6, 6.07) is 3.52. The van der Waals surface area contributed by atoms with Gasteiger partial charge < -0.3 is 14.9 Å². The van der Waals surface area contributed by atoms with Crippen molar-refractivity contribution < 1.29 is 56.2 Å². The number of fused-ring (bicyclic) bond motifs is 1. The van der Waals surface area contributed by atoms with Crippen LogP contribution in [0.15, 0.2) is 23.1 Å². The van der Waals surface area contributed by atoms with Crippen LogP contribution in [0, 0.1) is 13.8 Å². The zero-order valence-corrected chi connectivity index (χ0v) is 17.9. The topological polar surface area (TPSA) is 94.8 Å². The smallest absolute Gasteiger partial charge is 0.432 e. The van der Waals surface area contributed by atoms with Crippen LogP contribution >= 0.6 is 0 Å². The van der Waals surface area contributed by atoms with Gasteiger partial charge in [0.15, 0.2) is 5.56 Å². The van der Waals surface area contributed by atoms with Gasteiger partial charge in [-0.15, -0.1) is 5.39 Å². The third kappa shape index (κ3) is 4.64. The van der Waals surface area contributed by atoms with Crippen molar-refractivity contribution in [3.8, 4) is 0 Å². The third-order valence-corrected chi connectivity index (χ3v) is 2.90. The van der Waals surface area contributed by atoms with Crippen LogP contribution in [0.25, 0.3) is 10.9 Å². The molecule has 9 heteroatoms. The van der Waals surface area contributed by atoms with Crippen LogP contribution in [0.5, 0.6) is 0 Å². The van der Waals surface area contributed by atoms with E-state index >= 15 is 0 Å². The molecule has 3 rings (SSSR count). The molecule has 0 amide bonds. The Morgan fingerprint density at radius 2 is 1.83 bits per heavy atom. The van der Waals surface area contributed by atoms with Gasteiger partial charge in [0.25, 0.3) is 0 Å². The summed E-state index contributed by atoms with van der Waals surface area (Å²) >= 11 is 0. The van der Waals surface area contributed by atoms with E-state index in [-0.39, 0.29) is 62.5 Å². The Bertz CT molecular complexity index is 854. The molecular formula is C15H19KN6O2. The monoisotopic (exact) mass is 354 g/mol. The molecule has 0 saturated heterocycles. The molecule has 0 aliphatic rings. The van der Waals surface area contributed by atoms with Gasteiger partial charge in [0.2, 0.25) is 0 Å². The SMILES string of the molecule is CC.COn1[cH-]c2cc(Nc3cc(C)nc(C)n3)nnc2c1=O.[K+]. The summed E-state index contributed by atoms with van der Waals surface area (Å²) in [5, 5.41) is 11.6. The number of aromatic nitrogens is 5. The van der Waals surface area contributed by atoms with Crippen molar-refractivity contribution >= 4 is 22.5 Å². The molecule has 0 aromatic carbocycles. The van der Waals surface area contributed by atoms with E-state index in [1.165, 1.54) is 7.11 Å². The molecule has 8 nitrogen and oxygen atoms in total. The van der Waals surface area contributed by atoms with Gasteiger partial charge in [-0.25, -0.2) is 19.8 Å². The second-order valence-corrected chi connectivity index (χ2v) is 4.54. The van der Waals surface area contributed by atoms with Crippen LogP contribution in [-0.4, -0.2) is 32.0 Å². The summed E-state index contributed by atoms with van der Waals surface area (Å²) in [4.78, 5) is 25.2. The summed E-state index contributed by atoms with van der Waals surface area (Å²) in [6.45, 7) is 7.70. The first kappa shape index (κ1) is 20.8. The zero-order valence-electron chi connectivity index (χ0n) is 14.8. The first-order valence-corrected chi connectivity index (χ1v) is 7.26. The molecule has 3 aromatic rings. The van der Waals surface area contributed by atoms with Crippen molar-refractivity contribution in [2.24, 2.45) is 0 Å². The van der Waals surface area contributed by atoms with Gasteiger partial charge in [-0.2, -0.15) is 5.10 Å². The minimum atomic E-state index is -0.333. The second kappa shape index (κ2) is 9.28. The number of hydrogen-bond donors (Lipinski definition) is 1. The number of aryl methyl sites for hydroxylation is 2. The van der Waals surface area contributed by atoms with E-state index in [0.29, 0.717) is 22.8 Å². The first-order chi connectivity index (χ1) is 11.1. The van der Waals surface area contributed by atoms with E-state index in [0.717, 1.165) is 10.4 Å². The Kier molecular flexibility index (Phi) is 8.03. The fraction of sp³-hybridized carbons (Fsp3) is 0.333. The van der Waals surface area contributed by atoms with E-state index in [1.807, 2.05) is 27.7 Å². The van der Waals surface area contributed by atoms with Gasteiger partial charge in [0, 0.05) is 17.3 Å². The Labute approximate surface area is 182 Å². The van der Waals surface area contributed by atoms with E-state index in [2.05, 4.69) is 25.5 Å². The molecule has 0 atom stereocenters. The molecule has 0 fully saturated rings. The molecule has 3 heterocycles. The molecule has 122 valence electrons. The van der Waals surface area contributed by atoms with Crippen LogP contribution in [0.4, 0.5) is 11.6 Å². The molecule has 0 aliphatic heterocycles. The van der Waals surface area contributed by atoms with Gasteiger partial charge in [-0.1, -0.05) is 19.9 Å². The maximum absolute atomic E-state index is 11.8. The average Bonchev–Trinajstić information content (AvgIpc) is 2.84. The normalized spacial score (nSPS) is 9.71. The van der Waals surface area contributed by atoms with Gasteiger partial charge in [-0.3, -0.25) is 0 Å². The molecule has 0 radical (unpaired) electrons. The van der Waals surface area contributed by atoms with Crippen molar-refractivity contribution in [2.45, 2.75) is 27.7 Å². The van der Waals surface area contributed by atoms with Crippen molar-refractivity contribution in [3.05, 3.63) is 40.2 Å². The second-order valence-electron chi connectivity index (χ2n) is 4.54. The molecular weight excluding hydrogens is 335 g/mol. The van der Waals surface area contributed by atoms with E-state index in [4.69, 9.17) is 4.84 Å². The fourth-order valence-corrected chi connectivity index (χ4v) is 2.07. The number of anilines is 2. The Morgan fingerprint density at radius 3 is 2.46 bits per heavy atom. The summed E-state index contributed by atoms with van der Waals surface area (Å²) in [5.74, 6) is 1.79. The first-order valence-electron chi connectivity index (χ1n) is 7.26. The predicted molar refractivity (Wildman–Crippen MR) is 88.0 cm³/mol.